The molecule has 2 atom stereocenters. The summed E-state index contributed by atoms with van der Waals surface area (Å²) >= 11 is 0. The molecule has 3 heterocycles. The number of hydrogen-bond acceptors (Lipinski definition) is 6. The van der Waals surface area contributed by atoms with Crippen LogP contribution >= 0.6 is 0 Å². The van der Waals surface area contributed by atoms with Gasteiger partial charge in [-0.05, 0) is 94.1 Å². The van der Waals surface area contributed by atoms with Gasteiger partial charge in [0.05, 0.1) is 6.04 Å². The molecule has 3 saturated heterocycles. The van der Waals surface area contributed by atoms with E-state index < -0.39 is 5.60 Å². The Bertz CT molecular complexity index is 1310. The lowest BCUT2D eigenvalue weighted by Gasteiger charge is -2.50. The molecule has 0 spiro atoms. The highest BCUT2D eigenvalue weighted by molar-refractivity contribution is 5.77. The normalized spacial score (nSPS) is 21.2. The van der Waals surface area contributed by atoms with Gasteiger partial charge in [0.15, 0.2) is 0 Å². The summed E-state index contributed by atoms with van der Waals surface area (Å²) in [6, 6.07) is 19.6. The third-order valence-corrected chi connectivity index (χ3v) is 10.3. The zero-order chi connectivity index (χ0) is 34.3. The molecule has 5 rings (SSSR count). The van der Waals surface area contributed by atoms with E-state index >= 15 is 0 Å². The minimum Gasteiger partial charge on any atom is -0.492 e. The fourth-order valence-electron chi connectivity index (χ4n) is 7.56. The first kappa shape index (κ1) is 36.2. The van der Waals surface area contributed by atoms with E-state index in [0.29, 0.717) is 32.7 Å². The molecule has 0 bridgehead atoms. The number of piperazine rings is 1. The van der Waals surface area contributed by atoms with Gasteiger partial charge in [0, 0.05) is 51.7 Å². The number of piperidine rings is 2. The quantitative estimate of drug-likeness (QED) is 0.283. The number of amides is 2. The number of nitrogens with zero attached hydrogens (tertiary/aromatic N) is 4. The molecular weight excluding hydrogens is 600 g/mol. The monoisotopic (exact) mass is 660 g/mol. The third kappa shape index (κ3) is 9.97. The van der Waals surface area contributed by atoms with E-state index in [9.17, 15) is 9.59 Å². The second kappa shape index (κ2) is 16.1. The number of hydrogen-bond donors (Lipinski definition) is 0. The fourth-order valence-corrected chi connectivity index (χ4v) is 7.56. The maximum Gasteiger partial charge on any atom is 0.410 e. The second-order valence-corrected chi connectivity index (χ2v) is 16.2. The van der Waals surface area contributed by atoms with Crippen molar-refractivity contribution in [3.63, 3.8) is 0 Å². The molecule has 0 aromatic heterocycles. The van der Waals surface area contributed by atoms with Gasteiger partial charge in [-0.3, -0.25) is 14.6 Å². The zero-order valence-electron chi connectivity index (χ0n) is 30.5. The van der Waals surface area contributed by atoms with E-state index in [1.165, 1.54) is 43.5 Å². The van der Waals surface area contributed by atoms with Gasteiger partial charge in [-0.25, -0.2) is 4.79 Å². The number of carbonyl (C=O) groups excluding carboxylic acids is 2. The van der Waals surface area contributed by atoms with Crippen LogP contribution in [0.3, 0.4) is 0 Å². The molecule has 48 heavy (non-hydrogen) atoms. The van der Waals surface area contributed by atoms with Crippen molar-refractivity contribution in [2.24, 2.45) is 11.3 Å². The molecule has 2 amide bonds. The van der Waals surface area contributed by atoms with Crippen molar-refractivity contribution in [1.82, 2.24) is 19.6 Å². The molecule has 8 nitrogen and oxygen atoms in total. The van der Waals surface area contributed by atoms with E-state index in [1.54, 1.807) is 4.90 Å². The molecule has 1 unspecified atom stereocenters. The van der Waals surface area contributed by atoms with Gasteiger partial charge < -0.3 is 19.3 Å². The van der Waals surface area contributed by atoms with Gasteiger partial charge >= 0.3 is 6.09 Å². The molecule has 2 aromatic rings. The molecule has 264 valence electrons. The average molecular weight is 661 g/mol. The summed E-state index contributed by atoms with van der Waals surface area (Å²) in [5, 5.41) is 0. The Labute approximate surface area is 289 Å². The highest BCUT2D eigenvalue weighted by Gasteiger charge is 2.41. The van der Waals surface area contributed by atoms with Gasteiger partial charge in [-0.2, -0.15) is 0 Å². The number of benzene rings is 2. The van der Waals surface area contributed by atoms with Crippen LogP contribution in [0.5, 0.6) is 5.75 Å². The lowest BCUT2D eigenvalue weighted by Crippen LogP contribution is -2.60. The first-order valence-corrected chi connectivity index (χ1v) is 18.4. The first-order valence-electron chi connectivity index (χ1n) is 18.4. The molecule has 3 aliphatic rings. The van der Waals surface area contributed by atoms with Crippen molar-refractivity contribution < 1.29 is 19.1 Å². The van der Waals surface area contributed by atoms with Crippen molar-refractivity contribution in [1.29, 1.82) is 0 Å². The molecular formula is C40H60N4O4. The Morgan fingerprint density at radius 3 is 2.06 bits per heavy atom. The van der Waals surface area contributed by atoms with E-state index in [1.807, 2.05) is 20.8 Å². The Kier molecular flexibility index (Phi) is 12.1. The lowest BCUT2D eigenvalue weighted by molar-refractivity contribution is -0.141. The fraction of sp³-hybridized carbons (Fsp3) is 0.650. The van der Waals surface area contributed by atoms with Crippen LogP contribution in [0.25, 0.3) is 0 Å². The molecule has 3 fully saturated rings. The van der Waals surface area contributed by atoms with Crippen LogP contribution in [0, 0.1) is 11.3 Å². The van der Waals surface area contributed by atoms with Crippen molar-refractivity contribution in [3.8, 4) is 5.75 Å². The highest BCUT2D eigenvalue weighted by Crippen LogP contribution is 2.36. The van der Waals surface area contributed by atoms with E-state index in [2.05, 4.69) is 90.1 Å². The molecule has 8 heteroatoms. The summed E-state index contributed by atoms with van der Waals surface area (Å²) in [6.07, 6.45) is 5.89. The van der Waals surface area contributed by atoms with Crippen LogP contribution in [-0.4, -0.2) is 102 Å². The number of likely N-dealkylation sites (tertiary alicyclic amines) is 2. The largest absolute Gasteiger partial charge is 0.492 e. The molecule has 0 aliphatic carbocycles. The summed E-state index contributed by atoms with van der Waals surface area (Å²) < 4.78 is 11.7. The molecule has 0 N–H and O–H groups in total. The summed E-state index contributed by atoms with van der Waals surface area (Å²) in [7, 11) is 0. The lowest BCUT2D eigenvalue weighted by atomic mass is 9.82. The van der Waals surface area contributed by atoms with Crippen LogP contribution < -0.4 is 4.74 Å². The predicted octanol–water partition coefficient (Wildman–Crippen LogP) is 7.24. The van der Waals surface area contributed by atoms with Crippen LogP contribution in [0.1, 0.15) is 97.2 Å². The standard InChI is InChI=1S/C40H60N4O4/c1-39(2,3)35-30-43(25-26-44(35)36(45)29-31-19-23-42(24-20-31)38(46)48-40(4,5)6)37(32-13-9-7-10-14-32)33-15-17-34(18-16-33)47-28-27-41-21-11-8-12-22-41/h7,9-10,13-18,31,35,37H,8,11-12,19-30H2,1-6H3/t35-,37?/m1/s1. The minimum atomic E-state index is -0.502. The van der Waals surface area contributed by atoms with Crippen LogP contribution in [-0.2, 0) is 9.53 Å². The van der Waals surface area contributed by atoms with Crippen molar-refractivity contribution in [2.75, 3.05) is 59.0 Å². The topological polar surface area (TPSA) is 65.6 Å². The SMILES string of the molecule is CC(C)(C)OC(=O)N1CCC(CC(=O)N2CCN(C(c3ccccc3)c3ccc(OCCN4CCCCC4)cc3)C[C@@H]2C(C)(C)C)CC1. The number of rotatable bonds is 9. The van der Waals surface area contributed by atoms with Gasteiger partial charge in [0.1, 0.15) is 18.0 Å². The van der Waals surface area contributed by atoms with Crippen LogP contribution in [0.15, 0.2) is 54.6 Å². The van der Waals surface area contributed by atoms with E-state index in [4.69, 9.17) is 9.47 Å². The van der Waals surface area contributed by atoms with Crippen molar-refractivity contribution >= 4 is 12.0 Å². The minimum absolute atomic E-state index is 0.0816. The summed E-state index contributed by atoms with van der Waals surface area (Å²) in [4.78, 5) is 35.6. The first-order chi connectivity index (χ1) is 22.9. The maximum atomic E-state index is 14.0. The molecule has 2 aromatic carbocycles. The smallest absolute Gasteiger partial charge is 0.410 e. The highest BCUT2D eigenvalue weighted by atomic mass is 16.6. The van der Waals surface area contributed by atoms with Crippen molar-refractivity contribution in [3.05, 3.63) is 65.7 Å². The van der Waals surface area contributed by atoms with Gasteiger partial charge in [0.25, 0.3) is 0 Å². The Morgan fingerprint density at radius 2 is 1.44 bits per heavy atom. The molecule has 0 radical (unpaired) electrons. The number of carbonyl (C=O) groups is 2. The zero-order valence-corrected chi connectivity index (χ0v) is 30.5. The third-order valence-electron chi connectivity index (χ3n) is 10.3. The Balaban J connectivity index is 1.23. The van der Waals surface area contributed by atoms with Crippen LogP contribution in [0.2, 0.25) is 0 Å². The second-order valence-electron chi connectivity index (χ2n) is 16.2. The van der Waals surface area contributed by atoms with Crippen LogP contribution in [0.4, 0.5) is 4.79 Å². The summed E-state index contributed by atoms with van der Waals surface area (Å²) in [6.45, 7) is 20.1. The average Bonchev–Trinajstić information content (AvgIpc) is 3.06. The summed E-state index contributed by atoms with van der Waals surface area (Å²) in [5.74, 6) is 1.45. The van der Waals surface area contributed by atoms with Gasteiger partial charge in [-0.15, -0.1) is 0 Å². The molecule has 3 aliphatic heterocycles. The summed E-state index contributed by atoms with van der Waals surface area (Å²) in [5.41, 5.74) is 1.92. The maximum absolute atomic E-state index is 14.0. The molecule has 0 saturated carbocycles. The van der Waals surface area contributed by atoms with Crippen molar-refractivity contribution in [2.45, 2.75) is 97.8 Å². The van der Waals surface area contributed by atoms with E-state index in [0.717, 1.165) is 38.2 Å². The Hall–Kier alpha value is -3.10. The Morgan fingerprint density at radius 1 is 0.792 bits per heavy atom. The van der Waals surface area contributed by atoms with Gasteiger partial charge in [0.2, 0.25) is 5.91 Å². The number of ether oxygens (including phenoxy) is 2. The van der Waals surface area contributed by atoms with Gasteiger partial charge in [-0.1, -0.05) is 69.7 Å². The van der Waals surface area contributed by atoms with E-state index in [-0.39, 0.29) is 35.4 Å². The predicted molar refractivity (Wildman–Crippen MR) is 192 cm³/mol.